The lowest BCUT2D eigenvalue weighted by molar-refractivity contribution is -0.150. The van der Waals surface area contributed by atoms with Crippen molar-refractivity contribution in [2.75, 3.05) is 32.8 Å². The summed E-state index contributed by atoms with van der Waals surface area (Å²) in [6.07, 6.45) is 0.891. The zero-order valence-electron chi connectivity index (χ0n) is 12.1. The van der Waals surface area contributed by atoms with Crippen LogP contribution >= 0.6 is 11.6 Å². The molecule has 116 valence electrons. The number of rotatable bonds is 4. The minimum absolute atomic E-state index is 0.208. The number of esters is 1. The van der Waals surface area contributed by atoms with Gasteiger partial charge >= 0.3 is 5.97 Å². The summed E-state index contributed by atoms with van der Waals surface area (Å²) in [6.45, 7) is 4.98. The number of halogens is 2. The first-order chi connectivity index (χ1) is 10.1. The first kappa shape index (κ1) is 16.2. The molecule has 1 atom stereocenters. The van der Waals surface area contributed by atoms with Gasteiger partial charge in [-0.2, -0.15) is 0 Å². The Hall–Kier alpha value is -1.17. The van der Waals surface area contributed by atoms with Gasteiger partial charge in [-0.1, -0.05) is 17.7 Å². The summed E-state index contributed by atoms with van der Waals surface area (Å²) in [5.74, 6) is -0.927. The second-order valence-corrected chi connectivity index (χ2v) is 5.34. The van der Waals surface area contributed by atoms with E-state index in [1.54, 1.807) is 13.0 Å². The monoisotopic (exact) mass is 314 g/mol. The quantitative estimate of drug-likeness (QED) is 0.866. The highest BCUT2D eigenvalue weighted by Gasteiger charge is 2.33. The van der Waals surface area contributed by atoms with Crippen LogP contribution in [-0.4, -0.2) is 43.7 Å². The second kappa shape index (κ2) is 7.73. The van der Waals surface area contributed by atoms with Crippen LogP contribution in [0, 0.1) is 5.82 Å². The average Bonchev–Trinajstić information content (AvgIpc) is 2.72. The summed E-state index contributed by atoms with van der Waals surface area (Å²) in [4.78, 5) is 14.3. The van der Waals surface area contributed by atoms with E-state index in [1.165, 1.54) is 12.1 Å². The molecule has 1 aromatic carbocycles. The van der Waals surface area contributed by atoms with Crippen molar-refractivity contribution in [2.24, 2.45) is 0 Å². The Bertz CT molecular complexity index is 470. The molecule has 1 aliphatic heterocycles. The molecule has 1 unspecified atom stereocenters. The molecule has 1 heterocycles. The van der Waals surface area contributed by atoms with Gasteiger partial charge in [0.05, 0.1) is 6.61 Å². The zero-order chi connectivity index (χ0) is 15.2. The van der Waals surface area contributed by atoms with Gasteiger partial charge in [0.2, 0.25) is 0 Å². The fourth-order valence-corrected chi connectivity index (χ4v) is 2.83. The topological polar surface area (TPSA) is 41.6 Å². The standard InChI is InChI=1S/C15H20ClFN2O2/c1-2-21-15(20)14(19-9-4-7-18-8-10-19)13-11(16)5-3-6-12(13)17/h3,5-6,14,18H,2,4,7-10H2,1H3. The Morgan fingerprint density at radius 2 is 2.29 bits per heavy atom. The van der Waals surface area contributed by atoms with Gasteiger partial charge in [-0.25, -0.2) is 9.18 Å². The van der Waals surface area contributed by atoms with E-state index >= 15 is 0 Å². The van der Waals surface area contributed by atoms with Gasteiger partial charge in [0.25, 0.3) is 0 Å². The molecule has 1 N–H and O–H groups in total. The number of carbonyl (C=O) groups excluding carboxylic acids is 1. The smallest absolute Gasteiger partial charge is 0.328 e. The Labute approximate surface area is 129 Å². The predicted octanol–water partition coefficient (Wildman–Crippen LogP) is 2.38. The lowest BCUT2D eigenvalue weighted by Gasteiger charge is -2.29. The molecule has 0 aliphatic carbocycles. The zero-order valence-corrected chi connectivity index (χ0v) is 12.8. The molecule has 0 aromatic heterocycles. The van der Waals surface area contributed by atoms with Gasteiger partial charge < -0.3 is 10.1 Å². The van der Waals surface area contributed by atoms with E-state index in [2.05, 4.69) is 5.32 Å². The molecule has 0 spiro atoms. The van der Waals surface area contributed by atoms with E-state index in [-0.39, 0.29) is 17.2 Å². The third kappa shape index (κ3) is 3.93. The summed E-state index contributed by atoms with van der Waals surface area (Å²) in [5.41, 5.74) is 0.208. The normalized spacial score (nSPS) is 18.0. The van der Waals surface area contributed by atoms with E-state index in [0.717, 1.165) is 19.5 Å². The highest BCUT2D eigenvalue weighted by Crippen LogP contribution is 2.31. The number of nitrogens with one attached hydrogen (secondary N) is 1. The van der Waals surface area contributed by atoms with E-state index in [0.29, 0.717) is 13.1 Å². The molecule has 1 fully saturated rings. The van der Waals surface area contributed by atoms with Crippen LogP contribution < -0.4 is 5.32 Å². The second-order valence-electron chi connectivity index (χ2n) is 4.93. The van der Waals surface area contributed by atoms with E-state index in [1.807, 2.05) is 4.90 Å². The van der Waals surface area contributed by atoms with E-state index in [9.17, 15) is 9.18 Å². The molecule has 0 radical (unpaired) electrons. The highest BCUT2D eigenvalue weighted by molar-refractivity contribution is 6.31. The minimum atomic E-state index is -0.793. The first-order valence-corrected chi connectivity index (χ1v) is 7.58. The fraction of sp³-hybridized carbons (Fsp3) is 0.533. The van der Waals surface area contributed by atoms with Crippen LogP contribution in [0.25, 0.3) is 0 Å². The van der Waals surface area contributed by atoms with Crippen molar-refractivity contribution in [1.82, 2.24) is 10.2 Å². The number of nitrogens with zero attached hydrogens (tertiary/aromatic N) is 1. The maximum atomic E-state index is 14.2. The average molecular weight is 315 g/mol. The van der Waals surface area contributed by atoms with Crippen molar-refractivity contribution in [3.05, 3.63) is 34.6 Å². The van der Waals surface area contributed by atoms with Crippen LogP contribution in [0.4, 0.5) is 4.39 Å². The van der Waals surface area contributed by atoms with Crippen molar-refractivity contribution >= 4 is 17.6 Å². The van der Waals surface area contributed by atoms with Gasteiger partial charge in [0, 0.05) is 30.2 Å². The van der Waals surface area contributed by atoms with Crippen molar-refractivity contribution in [3.63, 3.8) is 0 Å². The predicted molar refractivity (Wildman–Crippen MR) is 79.8 cm³/mol. The van der Waals surface area contributed by atoms with Gasteiger partial charge in [0.1, 0.15) is 11.9 Å². The first-order valence-electron chi connectivity index (χ1n) is 7.20. The Morgan fingerprint density at radius 1 is 1.48 bits per heavy atom. The van der Waals surface area contributed by atoms with Crippen LogP contribution in [0.5, 0.6) is 0 Å². The van der Waals surface area contributed by atoms with Crippen LogP contribution in [0.2, 0.25) is 5.02 Å². The van der Waals surface area contributed by atoms with E-state index < -0.39 is 17.8 Å². The molecule has 21 heavy (non-hydrogen) atoms. The summed E-state index contributed by atoms with van der Waals surface area (Å²) in [7, 11) is 0. The fourth-order valence-electron chi connectivity index (χ4n) is 2.57. The van der Waals surface area contributed by atoms with Crippen LogP contribution in [0.3, 0.4) is 0 Å². The molecule has 0 bridgehead atoms. The molecule has 0 amide bonds. The van der Waals surface area contributed by atoms with Gasteiger partial charge in [-0.05, 0) is 32.0 Å². The molecule has 0 saturated carbocycles. The van der Waals surface area contributed by atoms with Crippen molar-refractivity contribution < 1.29 is 13.9 Å². The maximum Gasteiger partial charge on any atom is 0.328 e. The summed E-state index contributed by atoms with van der Waals surface area (Å²) in [5, 5.41) is 3.52. The third-order valence-corrected chi connectivity index (χ3v) is 3.85. The van der Waals surface area contributed by atoms with E-state index in [4.69, 9.17) is 16.3 Å². The van der Waals surface area contributed by atoms with Crippen LogP contribution in [0.1, 0.15) is 24.9 Å². The van der Waals surface area contributed by atoms with Crippen molar-refractivity contribution in [1.29, 1.82) is 0 Å². The van der Waals surface area contributed by atoms with Gasteiger partial charge in [0.15, 0.2) is 0 Å². The Balaban J connectivity index is 2.37. The van der Waals surface area contributed by atoms with Gasteiger partial charge in [-0.15, -0.1) is 0 Å². The van der Waals surface area contributed by atoms with Crippen LogP contribution in [-0.2, 0) is 9.53 Å². The summed E-state index contributed by atoms with van der Waals surface area (Å²) < 4.78 is 19.4. The maximum absolute atomic E-state index is 14.2. The number of benzene rings is 1. The van der Waals surface area contributed by atoms with Gasteiger partial charge in [-0.3, -0.25) is 4.90 Å². The highest BCUT2D eigenvalue weighted by atomic mass is 35.5. The lowest BCUT2D eigenvalue weighted by Crippen LogP contribution is -2.38. The van der Waals surface area contributed by atoms with Crippen LogP contribution in [0.15, 0.2) is 18.2 Å². The number of ether oxygens (including phenoxy) is 1. The molecule has 4 nitrogen and oxygen atoms in total. The molecule has 1 aliphatic rings. The lowest BCUT2D eigenvalue weighted by atomic mass is 10.0. The Morgan fingerprint density at radius 3 is 3.00 bits per heavy atom. The molecule has 1 aromatic rings. The largest absolute Gasteiger partial charge is 0.465 e. The Kier molecular flexibility index (Phi) is 5.96. The molecule has 6 heteroatoms. The SMILES string of the molecule is CCOC(=O)C(c1c(F)cccc1Cl)N1CCCNCC1. The number of hydrogen-bond acceptors (Lipinski definition) is 4. The number of hydrogen-bond donors (Lipinski definition) is 1. The summed E-state index contributed by atoms with van der Waals surface area (Å²) >= 11 is 6.14. The molecule has 1 saturated heterocycles. The van der Waals surface area contributed by atoms with Crippen molar-refractivity contribution in [2.45, 2.75) is 19.4 Å². The third-order valence-electron chi connectivity index (χ3n) is 3.52. The minimum Gasteiger partial charge on any atom is -0.465 e. The van der Waals surface area contributed by atoms with Crippen molar-refractivity contribution in [3.8, 4) is 0 Å². The molecule has 2 rings (SSSR count). The summed E-state index contributed by atoms with van der Waals surface area (Å²) in [6, 6.07) is 3.66. The molecular formula is C15H20ClFN2O2. The number of carbonyl (C=O) groups is 1. The molecular weight excluding hydrogens is 295 g/mol.